The Morgan fingerprint density at radius 3 is 1.47 bits per heavy atom. The minimum Gasteiger partial charge on any atom is -0.464 e. The number of hydrogen-bond acceptors (Lipinski definition) is 2. The van der Waals surface area contributed by atoms with Crippen LogP contribution in [0.25, 0.3) is 33.6 Å². The number of carbonyl (C=O) groups is 1. The summed E-state index contributed by atoms with van der Waals surface area (Å²) in [5.74, 6) is -0.273. The highest BCUT2D eigenvalue weighted by Gasteiger charge is 2.36. The Balaban J connectivity index is 1.82. The zero-order valence-corrected chi connectivity index (χ0v) is 20.2. The van der Waals surface area contributed by atoms with E-state index >= 15 is 0 Å². The largest absolute Gasteiger partial charge is 0.464 e. The molecule has 0 bridgehead atoms. The van der Waals surface area contributed by atoms with Crippen LogP contribution >= 0.6 is 0 Å². The fourth-order valence-corrected chi connectivity index (χ4v) is 4.65. The Bertz CT molecular complexity index is 1370. The lowest BCUT2D eigenvalue weighted by Gasteiger charge is -2.19. The number of aromatic nitrogens is 1. The third-order valence-electron chi connectivity index (χ3n) is 6.41. The van der Waals surface area contributed by atoms with Crippen LogP contribution in [-0.4, -0.2) is 13.1 Å². The standard InChI is InChI=1S/C33H28NO2/c1-36-33(35)32(22-25-14-6-2-7-15-25)34-30(27-18-10-4-11-19-27)23-29(26-16-8-3-9-17-26)24-31(34)28-20-12-5-13-21-28/h2-21,23-24,32H,22H2,1H3/q+1. The van der Waals surface area contributed by atoms with Crippen LogP contribution in [0.5, 0.6) is 0 Å². The molecule has 1 unspecified atom stereocenters. The number of methoxy groups -OCH3 is 1. The second kappa shape index (κ2) is 10.8. The smallest absolute Gasteiger partial charge is 0.376 e. The summed E-state index contributed by atoms with van der Waals surface area (Å²) in [5, 5.41) is 0. The van der Waals surface area contributed by atoms with Gasteiger partial charge in [0.15, 0.2) is 0 Å². The first-order valence-corrected chi connectivity index (χ1v) is 12.1. The SMILES string of the molecule is COC(=O)C(Cc1ccccc1)[n+]1c(-c2ccccc2)cc(-c2ccccc2)cc1-c1ccccc1. The molecule has 3 heteroatoms. The molecule has 176 valence electrons. The fraction of sp³-hybridized carbons (Fsp3) is 0.0909. The van der Waals surface area contributed by atoms with Gasteiger partial charge in [0.2, 0.25) is 11.4 Å². The van der Waals surface area contributed by atoms with Gasteiger partial charge in [-0.25, -0.2) is 4.79 Å². The summed E-state index contributed by atoms with van der Waals surface area (Å²) >= 11 is 0. The second-order valence-corrected chi connectivity index (χ2v) is 8.71. The van der Waals surface area contributed by atoms with Crippen molar-refractivity contribution in [1.82, 2.24) is 0 Å². The molecule has 1 aromatic heterocycles. The van der Waals surface area contributed by atoms with Gasteiger partial charge in [-0.1, -0.05) is 97.1 Å². The van der Waals surface area contributed by atoms with Crippen LogP contribution in [-0.2, 0) is 16.0 Å². The van der Waals surface area contributed by atoms with Crippen LogP contribution < -0.4 is 4.57 Å². The molecule has 0 saturated carbocycles. The topological polar surface area (TPSA) is 30.2 Å². The first-order valence-electron chi connectivity index (χ1n) is 12.1. The number of hydrogen-bond donors (Lipinski definition) is 0. The molecule has 1 heterocycles. The van der Waals surface area contributed by atoms with Crippen LogP contribution in [0.3, 0.4) is 0 Å². The first kappa shape index (κ1) is 23.3. The van der Waals surface area contributed by atoms with E-state index in [1.54, 1.807) is 0 Å². The van der Waals surface area contributed by atoms with Crippen LogP contribution in [0.4, 0.5) is 0 Å². The third-order valence-corrected chi connectivity index (χ3v) is 6.41. The molecule has 0 aliphatic heterocycles. The normalized spacial score (nSPS) is 11.6. The van der Waals surface area contributed by atoms with E-state index in [1.165, 1.54) is 7.11 Å². The predicted molar refractivity (Wildman–Crippen MR) is 144 cm³/mol. The van der Waals surface area contributed by atoms with Gasteiger partial charge in [-0.3, -0.25) is 0 Å². The molecule has 0 spiro atoms. The Morgan fingerprint density at radius 2 is 1.03 bits per heavy atom. The number of carbonyl (C=O) groups excluding carboxylic acids is 1. The maximum atomic E-state index is 13.4. The first-order chi connectivity index (χ1) is 17.7. The highest BCUT2D eigenvalue weighted by atomic mass is 16.5. The van der Waals surface area contributed by atoms with E-state index in [-0.39, 0.29) is 5.97 Å². The molecule has 0 N–H and O–H groups in total. The van der Waals surface area contributed by atoms with Gasteiger partial charge in [0.1, 0.15) is 0 Å². The van der Waals surface area contributed by atoms with Crippen LogP contribution in [0.1, 0.15) is 11.6 Å². The van der Waals surface area contributed by atoms with Crippen molar-refractivity contribution in [3.8, 4) is 33.6 Å². The summed E-state index contributed by atoms with van der Waals surface area (Å²) in [5.41, 5.74) is 7.28. The molecule has 1 atom stereocenters. The van der Waals surface area contributed by atoms with E-state index in [4.69, 9.17) is 4.74 Å². The molecule has 0 aliphatic carbocycles. The Hall–Kier alpha value is -4.50. The molecular weight excluding hydrogens is 442 g/mol. The zero-order valence-electron chi connectivity index (χ0n) is 20.2. The van der Waals surface area contributed by atoms with Crippen LogP contribution in [0.15, 0.2) is 133 Å². The third kappa shape index (κ3) is 4.96. The molecule has 5 aromatic rings. The molecule has 5 rings (SSSR count). The molecule has 0 amide bonds. The Kier molecular flexibility index (Phi) is 7.00. The number of benzene rings is 4. The lowest BCUT2D eigenvalue weighted by Crippen LogP contribution is -2.49. The van der Waals surface area contributed by atoms with Crippen LogP contribution in [0, 0.1) is 0 Å². The fourth-order valence-electron chi connectivity index (χ4n) is 4.65. The lowest BCUT2D eigenvalue weighted by atomic mass is 9.96. The van der Waals surface area contributed by atoms with Crippen molar-refractivity contribution in [2.75, 3.05) is 7.11 Å². The highest BCUT2D eigenvalue weighted by Crippen LogP contribution is 2.31. The molecule has 0 radical (unpaired) electrons. The summed E-state index contributed by atoms with van der Waals surface area (Å²) in [4.78, 5) is 13.4. The number of ether oxygens (including phenoxy) is 1. The molecule has 3 nitrogen and oxygen atoms in total. The summed E-state index contributed by atoms with van der Waals surface area (Å²) in [6.45, 7) is 0. The van der Waals surface area contributed by atoms with Gasteiger partial charge in [-0.2, -0.15) is 4.57 Å². The van der Waals surface area contributed by atoms with Gasteiger partial charge < -0.3 is 4.74 Å². The zero-order chi connectivity index (χ0) is 24.7. The molecule has 0 saturated heterocycles. The minimum atomic E-state index is -0.548. The highest BCUT2D eigenvalue weighted by molar-refractivity contribution is 5.77. The molecule has 0 fully saturated rings. The van der Waals surface area contributed by atoms with E-state index in [1.807, 2.05) is 72.8 Å². The van der Waals surface area contributed by atoms with E-state index in [0.717, 1.165) is 39.2 Å². The number of pyridine rings is 1. The van der Waals surface area contributed by atoms with Crippen molar-refractivity contribution >= 4 is 5.97 Å². The minimum absolute atomic E-state index is 0.273. The van der Waals surface area contributed by atoms with Crippen molar-refractivity contribution in [3.63, 3.8) is 0 Å². The van der Waals surface area contributed by atoms with E-state index < -0.39 is 6.04 Å². The summed E-state index contributed by atoms with van der Waals surface area (Å²) in [6, 6.07) is 44.8. The average molecular weight is 471 g/mol. The predicted octanol–water partition coefficient (Wildman–Crippen LogP) is 6.93. The lowest BCUT2D eigenvalue weighted by molar-refractivity contribution is -0.689. The van der Waals surface area contributed by atoms with Crippen molar-refractivity contribution < 1.29 is 14.1 Å². The van der Waals surface area contributed by atoms with Crippen molar-refractivity contribution in [3.05, 3.63) is 139 Å². The molecular formula is C33H28NO2+. The van der Waals surface area contributed by atoms with E-state index in [0.29, 0.717) is 6.42 Å². The molecule has 36 heavy (non-hydrogen) atoms. The summed E-state index contributed by atoms with van der Waals surface area (Å²) < 4.78 is 7.52. The maximum Gasteiger partial charge on any atom is 0.376 e. The van der Waals surface area contributed by atoms with Crippen molar-refractivity contribution in [2.24, 2.45) is 0 Å². The number of rotatable bonds is 7. The van der Waals surface area contributed by atoms with Gasteiger partial charge in [0, 0.05) is 29.7 Å². The Morgan fingerprint density at radius 1 is 0.611 bits per heavy atom. The van der Waals surface area contributed by atoms with Gasteiger partial charge in [0.25, 0.3) is 6.04 Å². The van der Waals surface area contributed by atoms with Gasteiger partial charge in [0.05, 0.1) is 7.11 Å². The second-order valence-electron chi connectivity index (χ2n) is 8.71. The van der Waals surface area contributed by atoms with Crippen molar-refractivity contribution in [1.29, 1.82) is 0 Å². The van der Waals surface area contributed by atoms with Gasteiger partial charge in [-0.05, 0) is 41.0 Å². The monoisotopic (exact) mass is 470 g/mol. The average Bonchev–Trinajstić information content (AvgIpc) is 2.97. The molecule has 0 aliphatic rings. The summed E-state index contributed by atoms with van der Waals surface area (Å²) in [6.07, 6.45) is 0.516. The Labute approximate surface area is 212 Å². The van der Waals surface area contributed by atoms with E-state index in [2.05, 4.69) is 65.2 Å². The number of esters is 1. The van der Waals surface area contributed by atoms with Gasteiger partial charge in [-0.15, -0.1) is 0 Å². The quantitative estimate of drug-likeness (QED) is 0.191. The van der Waals surface area contributed by atoms with E-state index in [9.17, 15) is 4.79 Å². The summed E-state index contributed by atoms with van der Waals surface area (Å²) in [7, 11) is 1.46. The molecule has 4 aromatic carbocycles. The van der Waals surface area contributed by atoms with Gasteiger partial charge >= 0.3 is 5.97 Å². The van der Waals surface area contributed by atoms with Crippen molar-refractivity contribution in [2.45, 2.75) is 12.5 Å². The van der Waals surface area contributed by atoms with Crippen LogP contribution in [0.2, 0.25) is 0 Å². The maximum absolute atomic E-state index is 13.4. The number of nitrogens with zero attached hydrogens (tertiary/aromatic N) is 1.